The third kappa shape index (κ3) is 2.75. The monoisotopic (exact) mass is 283 g/mol. The summed E-state index contributed by atoms with van der Waals surface area (Å²) >= 11 is 0. The predicted octanol–water partition coefficient (Wildman–Crippen LogP) is 1.12. The number of carboxylic acid groups (broad SMARTS) is 1. The van der Waals surface area contributed by atoms with Crippen molar-refractivity contribution in [1.29, 1.82) is 0 Å². The molecule has 6 nitrogen and oxygen atoms in total. The van der Waals surface area contributed by atoms with E-state index in [-0.39, 0.29) is 12.1 Å². The first kappa shape index (κ1) is 15.1. The molecule has 2 N–H and O–H groups in total. The van der Waals surface area contributed by atoms with E-state index in [1.54, 1.807) is 18.7 Å². The van der Waals surface area contributed by atoms with Gasteiger partial charge in [0.15, 0.2) is 0 Å². The van der Waals surface area contributed by atoms with E-state index < -0.39 is 11.5 Å². The average Bonchev–Trinajstić information content (AvgIpc) is 2.84. The number of aliphatic carboxylic acids is 1. The summed E-state index contributed by atoms with van der Waals surface area (Å²) in [6.45, 7) is 8.06. The molecule has 0 aromatic rings. The topological polar surface area (TPSA) is 72.9 Å². The number of carbonyl (C=O) groups is 2. The number of carboxylic acids is 1. The standard InChI is InChI=1S/C14H25N3O3/c1-4-14(3,12(18)19)15-13(20)17-9-11-6-5-7-16(11)8-10(17)2/h10-11H,4-9H2,1-3H3,(H,15,20)(H,18,19). The highest BCUT2D eigenvalue weighted by molar-refractivity contribution is 5.86. The van der Waals surface area contributed by atoms with Gasteiger partial charge in [-0.1, -0.05) is 6.92 Å². The van der Waals surface area contributed by atoms with Crippen molar-refractivity contribution in [3.05, 3.63) is 0 Å². The third-order valence-corrected chi connectivity index (χ3v) is 4.76. The van der Waals surface area contributed by atoms with Gasteiger partial charge in [0.25, 0.3) is 0 Å². The third-order valence-electron chi connectivity index (χ3n) is 4.76. The molecule has 3 atom stereocenters. The van der Waals surface area contributed by atoms with Crippen LogP contribution in [-0.4, -0.2) is 64.2 Å². The molecule has 114 valence electrons. The number of amides is 2. The van der Waals surface area contributed by atoms with E-state index >= 15 is 0 Å². The lowest BCUT2D eigenvalue weighted by Crippen LogP contribution is -2.63. The van der Waals surface area contributed by atoms with Crippen LogP contribution in [-0.2, 0) is 4.79 Å². The Kier molecular flexibility index (Phi) is 4.22. The predicted molar refractivity (Wildman–Crippen MR) is 75.6 cm³/mol. The number of hydrogen-bond donors (Lipinski definition) is 2. The number of carbonyl (C=O) groups excluding carboxylic acids is 1. The highest BCUT2D eigenvalue weighted by atomic mass is 16.4. The van der Waals surface area contributed by atoms with Crippen molar-refractivity contribution in [2.45, 2.75) is 57.7 Å². The summed E-state index contributed by atoms with van der Waals surface area (Å²) in [5.41, 5.74) is -1.19. The van der Waals surface area contributed by atoms with E-state index in [0.717, 1.165) is 19.5 Å². The molecule has 0 aliphatic carbocycles. The summed E-state index contributed by atoms with van der Waals surface area (Å²) < 4.78 is 0. The minimum absolute atomic E-state index is 0.124. The normalized spacial score (nSPS) is 29.6. The van der Waals surface area contributed by atoms with Gasteiger partial charge in [0, 0.05) is 25.2 Å². The number of fused-ring (bicyclic) bond motifs is 1. The number of urea groups is 1. The number of piperazine rings is 1. The Morgan fingerprint density at radius 2 is 2.10 bits per heavy atom. The summed E-state index contributed by atoms with van der Waals surface area (Å²) in [5.74, 6) is -0.986. The highest BCUT2D eigenvalue weighted by Crippen LogP contribution is 2.25. The first-order chi connectivity index (χ1) is 9.37. The Hall–Kier alpha value is -1.30. The zero-order valence-corrected chi connectivity index (χ0v) is 12.6. The Morgan fingerprint density at radius 3 is 2.70 bits per heavy atom. The number of hydrogen-bond acceptors (Lipinski definition) is 3. The van der Waals surface area contributed by atoms with Gasteiger partial charge in [0.05, 0.1) is 0 Å². The van der Waals surface area contributed by atoms with Crippen molar-refractivity contribution >= 4 is 12.0 Å². The van der Waals surface area contributed by atoms with Crippen LogP contribution in [0.2, 0.25) is 0 Å². The fraction of sp³-hybridized carbons (Fsp3) is 0.857. The lowest BCUT2D eigenvalue weighted by atomic mass is 9.99. The maximum Gasteiger partial charge on any atom is 0.329 e. The lowest BCUT2D eigenvalue weighted by molar-refractivity contribution is -0.143. The van der Waals surface area contributed by atoms with Crippen LogP contribution in [0.15, 0.2) is 0 Å². The molecule has 6 heteroatoms. The molecule has 0 radical (unpaired) electrons. The van der Waals surface area contributed by atoms with E-state index in [4.69, 9.17) is 0 Å². The zero-order valence-electron chi connectivity index (χ0n) is 12.6. The van der Waals surface area contributed by atoms with Crippen LogP contribution < -0.4 is 5.32 Å². The first-order valence-electron chi connectivity index (χ1n) is 7.43. The van der Waals surface area contributed by atoms with Gasteiger partial charge in [-0.25, -0.2) is 9.59 Å². The summed E-state index contributed by atoms with van der Waals surface area (Å²) in [4.78, 5) is 27.9. The minimum Gasteiger partial charge on any atom is -0.480 e. The first-order valence-corrected chi connectivity index (χ1v) is 7.43. The fourth-order valence-corrected chi connectivity index (χ4v) is 3.07. The van der Waals surface area contributed by atoms with Gasteiger partial charge in [-0.2, -0.15) is 0 Å². The zero-order chi connectivity index (χ0) is 14.9. The summed E-state index contributed by atoms with van der Waals surface area (Å²) in [7, 11) is 0. The molecular weight excluding hydrogens is 258 g/mol. The molecule has 2 rings (SSSR count). The fourth-order valence-electron chi connectivity index (χ4n) is 3.07. The lowest BCUT2D eigenvalue weighted by Gasteiger charge is -2.43. The highest BCUT2D eigenvalue weighted by Gasteiger charge is 2.40. The van der Waals surface area contributed by atoms with Crippen LogP contribution in [0, 0.1) is 0 Å². The second-order valence-corrected chi connectivity index (χ2v) is 6.21. The molecular formula is C14H25N3O3. The summed E-state index contributed by atoms with van der Waals surface area (Å²) in [6, 6.07) is 0.310. The quantitative estimate of drug-likeness (QED) is 0.814. The summed E-state index contributed by atoms with van der Waals surface area (Å²) in [6.07, 6.45) is 2.68. The van der Waals surface area contributed by atoms with E-state index in [1.807, 2.05) is 6.92 Å². The van der Waals surface area contributed by atoms with Gasteiger partial charge in [-0.15, -0.1) is 0 Å². The van der Waals surface area contributed by atoms with Gasteiger partial charge in [-0.3, -0.25) is 4.90 Å². The Balaban J connectivity index is 2.03. The van der Waals surface area contributed by atoms with Crippen LogP contribution in [0.3, 0.4) is 0 Å². The van der Waals surface area contributed by atoms with Crippen LogP contribution in [0.1, 0.15) is 40.0 Å². The van der Waals surface area contributed by atoms with Gasteiger partial charge in [-0.05, 0) is 39.7 Å². The van der Waals surface area contributed by atoms with Crippen molar-refractivity contribution < 1.29 is 14.7 Å². The van der Waals surface area contributed by atoms with Crippen molar-refractivity contribution in [3.8, 4) is 0 Å². The van der Waals surface area contributed by atoms with Crippen LogP contribution in [0.5, 0.6) is 0 Å². The molecule has 20 heavy (non-hydrogen) atoms. The molecule has 2 heterocycles. The Bertz CT molecular complexity index is 401. The Labute approximate surface area is 120 Å². The summed E-state index contributed by atoms with van der Waals surface area (Å²) in [5, 5.41) is 11.9. The van der Waals surface area contributed by atoms with Crippen molar-refractivity contribution in [3.63, 3.8) is 0 Å². The van der Waals surface area contributed by atoms with E-state index in [9.17, 15) is 14.7 Å². The molecule has 0 aromatic carbocycles. The smallest absolute Gasteiger partial charge is 0.329 e. The molecule has 2 saturated heterocycles. The van der Waals surface area contributed by atoms with Gasteiger partial charge < -0.3 is 15.3 Å². The van der Waals surface area contributed by atoms with Crippen molar-refractivity contribution in [1.82, 2.24) is 15.1 Å². The van der Waals surface area contributed by atoms with Crippen molar-refractivity contribution in [2.75, 3.05) is 19.6 Å². The molecule has 2 aliphatic rings. The molecule has 0 spiro atoms. The molecule has 2 amide bonds. The van der Waals surface area contributed by atoms with E-state index in [0.29, 0.717) is 19.0 Å². The minimum atomic E-state index is -1.19. The van der Waals surface area contributed by atoms with E-state index in [1.165, 1.54) is 6.42 Å². The second kappa shape index (κ2) is 5.60. The molecule has 0 saturated carbocycles. The van der Waals surface area contributed by atoms with Crippen LogP contribution in [0.25, 0.3) is 0 Å². The number of nitrogens with one attached hydrogen (secondary N) is 1. The number of nitrogens with zero attached hydrogens (tertiary/aromatic N) is 2. The van der Waals surface area contributed by atoms with Gasteiger partial charge in [0.1, 0.15) is 5.54 Å². The van der Waals surface area contributed by atoms with Crippen LogP contribution >= 0.6 is 0 Å². The molecule has 2 fully saturated rings. The Morgan fingerprint density at radius 1 is 1.40 bits per heavy atom. The SMILES string of the molecule is CCC(C)(NC(=O)N1CC2CCCN2CC1C)C(=O)O. The van der Waals surface area contributed by atoms with Gasteiger partial charge >= 0.3 is 12.0 Å². The number of rotatable bonds is 3. The molecule has 3 unspecified atom stereocenters. The van der Waals surface area contributed by atoms with Gasteiger partial charge in [0.2, 0.25) is 0 Å². The van der Waals surface area contributed by atoms with Crippen LogP contribution in [0.4, 0.5) is 4.79 Å². The second-order valence-electron chi connectivity index (χ2n) is 6.21. The maximum atomic E-state index is 12.4. The average molecular weight is 283 g/mol. The molecule has 2 aliphatic heterocycles. The maximum absolute atomic E-state index is 12.4. The van der Waals surface area contributed by atoms with E-state index in [2.05, 4.69) is 10.2 Å². The molecule has 0 bridgehead atoms. The van der Waals surface area contributed by atoms with Crippen molar-refractivity contribution in [2.24, 2.45) is 0 Å². The largest absolute Gasteiger partial charge is 0.480 e. The molecule has 0 aromatic heterocycles.